The molecule has 3 fully saturated rings. The number of hydrogen-bond acceptors (Lipinski definition) is 3. The summed E-state index contributed by atoms with van der Waals surface area (Å²) in [6.07, 6.45) is 13.5. The van der Waals surface area contributed by atoms with Crippen molar-refractivity contribution in [3.8, 4) is 0 Å². The molecule has 1 amide bonds. The van der Waals surface area contributed by atoms with Gasteiger partial charge in [-0.3, -0.25) is 9.69 Å². The molecule has 166 valence electrons. The number of piperidine rings is 1. The topological polar surface area (TPSA) is 58.4 Å². The highest BCUT2D eigenvalue weighted by atomic mass is 16.1. The molecule has 0 radical (unpaired) electrons. The second kappa shape index (κ2) is 9.82. The van der Waals surface area contributed by atoms with E-state index in [9.17, 15) is 4.79 Å². The van der Waals surface area contributed by atoms with Crippen molar-refractivity contribution in [2.24, 2.45) is 11.7 Å². The molecule has 3 unspecified atom stereocenters. The Morgan fingerprint density at radius 1 is 1.00 bits per heavy atom. The zero-order valence-corrected chi connectivity index (χ0v) is 18.8. The lowest BCUT2D eigenvalue weighted by molar-refractivity contribution is -0.127. The molecule has 3 atom stereocenters. The first kappa shape index (κ1) is 21.8. The molecule has 4 heteroatoms. The average molecular weight is 412 g/mol. The summed E-state index contributed by atoms with van der Waals surface area (Å²) in [7, 11) is 0. The summed E-state index contributed by atoms with van der Waals surface area (Å²) in [5, 5.41) is 3.77. The van der Waals surface area contributed by atoms with Crippen LogP contribution in [0.3, 0.4) is 0 Å². The first-order valence-corrected chi connectivity index (χ1v) is 12.5. The Balaban J connectivity index is 1.41. The Labute approximate surface area is 183 Å². The van der Waals surface area contributed by atoms with Gasteiger partial charge in [0.05, 0.1) is 0 Å². The standard InChI is InChI=1S/C26H41N3O/c1-20(21-10-4-2-5-11-21)28-26(25(27)30)16-18-29(19-17-26)24-15-9-8-14-23(24)22-12-6-3-7-13-22/h3,6-7,12-13,20-21,23-24,28H,2,4-5,8-11,14-19H2,1H3,(H2,27,30). The minimum absolute atomic E-state index is 0.145. The van der Waals surface area contributed by atoms with Crippen LogP contribution in [-0.2, 0) is 4.79 Å². The van der Waals surface area contributed by atoms with Crippen molar-refractivity contribution in [3.63, 3.8) is 0 Å². The van der Waals surface area contributed by atoms with Crippen LogP contribution in [0.5, 0.6) is 0 Å². The van der Waals surface area contributed by atoms with Crippen LogP contribution in [-0.4, -0.2) is 41.5 Å². The van der Waals surface area contributed by atoms with E-state index in [0.29, 0.717) is 23.9 Å². The van der Waals surface area contributed by atoms with E-state index in [1.54, 1.807) is 0 Å². The molecule has 1 aromatic carbocycles. The minimum Gasteiger partial charge on any atom is -0.368 e. The fourth-order valence-electron chi connectivity index (χ4n) is 6.52. The Morgan fingerprint density at radius 2 is 1.63 bits per heavy atom. The SMILES string of the molecule is CC(NC1(C(N)=O)CCN(C2CCCCC2c2ccccc2)CC1)C1CCCCC1. The molecule has 2 aliphatic carbocycles. The van der Waals surface area contributed by atoms with Crippen molar-refractivity contribution in [2.45, 2.75) is 101 Å². The molecular weight excluding hydrogens is 370 g/mol. The van der Waals surface area contributed by atoms with Crippen molar-refractivity contribution in [1.82, 2.24) is 10.2 Å². The average Bonchev–Trinajstić information content (AvgIpc) is 2.80. The second-order valence-electron chi connectivity index (χ2n) is 10.2. The van der Waals surface area contributed by atoms with Gasteiger partial charge in [-0.1, -0.05) is 62.4 Å². The number of rotatable bonds is 6. The first-order chi connectivity index (χ1) is 14.6. The zero-order chi connectivity index (χ0) is 21.0. The van der Waals surface area contributed by atoms with Crippen molar-refractivity contribution < 1.29 is 4.79 Å². The fourth-order valence-corrected chi connectivity index (χ4v) is 6.52. The Hall–Kier alpha value is -1.39. The highest BCUT2D eigenvalue weighted by molar-refractivity contribution is 5.84. The summed E-state index contributed by atoms with van der Waals surface area (Å²) in [5.41, 5.74) is 6.96. The summed E-state index contributed by atoms with van der Waals surface area (Å²) < 4.78 is 0. The molecule has 3 aliphatic rings. The van der Waals surface area contributed by atoms with Crippen molar-refractivity contribution in [1.29, 1.82) is 0 Å². The molecule has 4 rings (SSSR count). The van der Waals surface area contributed by atoms with E-state index in [1.807, 2.05) is 0 Å². The zero-order valence-electron chi connectivity index (χ0n) is 18.8. The van der Waals surface area contributed by atoms with Gasteiger partial charge in [-0.05, 0) is 62.8 Å². The number of nitrogens with one attached hydrogen (secondary N) is 1. The number of hydrogen-bond donors (Lipinski definition) is 2. The molecule has 0 bridgehead atoms. The van der Waals surface area contributed by atoms with Crippen LogP contribution in [0, 0.1) is 5.92 Å². The van der Waals surface area contributed by atoms with Gasteiger partial charge < -0.3 is 11.1 Å². The summed E-state index contributed by atoms with van der Waals surface area (Å²) in [6, 6.07) is 12.0. The van der Waals surface area contributed by atoms with E-state index in [-0.39, 0.29) is 5.91 Å². The van der Waals surface area contributed by atoms with Crippen molar-refractivity contribution in [3.05, 3.63) is 35.9 Å². The molecule has 1 aromatic rings. The van der Waals surface area contributed by atoms with Crippen molar-refractivity contribution in [2.75, 3.05) is 13.1 Å². The van der Waals surface area contributed by atoms with Gasteiger partial charge in [0, 0.05) is 25.2 Å². The molecule has 30 heavy (non-hydrogen) atoms. The Kier molecular flexibility index (Phi) is 7.15. The predicted octanol–water partition coefficient (Wildman–Crippen LogP) is 4.59. The van der Waals surface area contributed by atoms with Gasteiger partial charge in [0.2, 0.25) is 5.91 Å². The lowest BCUT2D eigenvalue weighted by atomic mass is 9.76. The van der Waals surface area contributed by atoms with E-state index < -0.39 is 5.54 Å². The molecule has 3 N–H and O–H groups in total. The predicted molar refractivity (Wildman–Crippen MR) is 123 cm³/mol. The van der Waals surface area contributed by atoms with E-state index in [1.165, 1.54) is 63.4 Å². The first-order valence-electron chi connectivity index (χ1n) is 12.5. The summed E-state index contributed by atoms with van der Waals surface area (Å²) in [4.78, 5) is 15.3. The monoisotopic (exact) mass is 411 g/mol. The molecule has 2 saturated carbocycles. The number of nitrogens with zero attached hydrogens (tertiary/aromatic N) is 1. The largest absolute Gasteiger partial charge is 0.368 e. The van der Waals surface area contributed by atoms with Gasteiger partial charge in [-0.25, -0.2) is 0 Å². The van der Waals surface area contributed by atoms with Gasteiger partial charge in [0.15, 0.2) is 0 Å². The summed E-state index contributed by atoms with van der Waals surface area (Å²) in [6.45, 7) is 4.22. The summed E-state index contributed by atoms with van der Waals surface area (Å²) >= 11 is 0. The second-order valence-corrected chi connectivity index (χ2v) is 10.2. The smallest absolute Gasteiger partial charge is 0.237 e. The van der Waals surface area contributed by atoms with Crippen LogP contribution < -0.4 is 11.1 Å². The molecule has 4 nitrogen and oxygen atoms in total. The van der Waals surface area contributed by atoms with Crippen LogP contribution in [0.2, 0.25) is 0 Å². The third-order valence-electron chi connectivity index (χ3n) is 8.41. The molecule has 0 aromatic heterocycles. The van der Waals surface area contributed by atoms with Crippen LogP contribution >= 0.6 is 0 Å². The molecular formula is C26H41N3O. The number of benzene rings is 1. The molecule has 0 spiro atoms. The molecule has 1 aliphatic heterocycles. The Morgan fingerprint density at radius 3 is 2.30 bits per heavy atom. The minimum atomic E-state index is -0.524. The van der Waals surface area contributed by atoms with E-state index >= 15 is 0 Å². The number of likely N-dealkylation sites (tertiary alicyclic amines) is 1. The number of primary amides is 1. The molecule has 1 saturated heterocycles. The third-order valence-corrected chi connectivity index (χ3v) is 8.41. The normalized spacial score (nSPS) is 29.4. The van der Waals surface area contributed by atoms with Gasteiger partial charge in [0.25, 0.3) is 0 Å². The van der Waals surface area contributed by atoms with Gasteiger partial charge in [-0.15, -0.1) is 0 Å². The number of carbonyl (C=O) groups excluding carboxylic acids is 1. The van der Waals surface area contributed by atoms with E-state index in [0.717, 1.165) is 25.9 Å². The van der Waals surface area contributed by atoms with Crippen LogP contribution in [0.1, 0.15) is 89.0 Å². The maximum absolute atomic E-state index is 12.6. The fraction of sp³-hybridized carbons (Fsp3) is 0.731. The third kappa shape index (κ3) is 4.75. The van der Waals surface area contributed by atoms with Crippen LogP contribution in [0.4, 0.5) is 0 Å². The van der Waals surface area contributed by atoms with Crippen molar-refractivity contribution >= 4 is 5.91 Å². The van der Waals surface area contributed by atoms with E-state index in [4.69, 9.17) is 5.73 Å². The van der Waals surface area contributed by atoms with Gasteiger partial charge in [-0.2, -0.15) is 0 Å². The van der Waals surface area contributed by atoms with Gasteiger partial charge in [0.1, 0.15) is 5.54 Å². The molecule has 1 heterocycles. The number of nitrogens with two attached hydrogens (primary N) is 1. The number of amides is 1. The Bertz CT molecular complexity index is 677. The van der Waals surface area contributed by atoms with E-state index in [2.05, 4.69) is 47.5 Å². The highest BCUT2D eigenvalue weighted by Gasteiger charge is 2.44. The van der Waals surface area contributed by atoms with Crippen LogP contribution in [0.25, 0.3) is 0 Å². The van der Waals surface area contributed by atoms with Crippen LogP contribution in [0.15, 0.2) is 30.3 Å². The quantitative estimate of drug-likeness (QED) is 0.720. The maximum atomic E-state index is 12.6. The lowest BCUT2D eigenvalue weighted by Gasteiger charge is -2.48. The lowest BCUT2D eigenvalue weighted by Crippen LogP contribution is -2.64. The van der Waals surface area contributed by atoms with Gasteiger partial charge >= 0.3 is 0 Å². The summed E-state index contributed by atoms with van der Waals surface area (Å²) in [5.74, 6) is 1.16. The number of carbonyl (C=O) groups is 1. The maximum Gasteiger partial charge on any atom is 0.237 e. The highest BCUT2D eigenvalue weighted by Crippen LogP contribution is 2.38.